The third kappa shape index (κ3) is 3.38. The van der Waals surface area contributed by atoms with Crippen LogP contribution in [-0.4, -0.2) is 32.8 Å². The molecule has 1 aromatic rings. The Bertz CT molecular complexity index is 431. The lowest BCUT2D eigenvalue weighted by Crippen LogP contribution is -2.54. The maximum atomic E-state index is 12.5. The van der Waals surface area contributed by atoms with Crippen LogP contribution in [0, 0.1) is 5.92 Å². The Morgan fingerprint density at radius 3 is 2.60 bits per heavy atom. The Hall–Kier alpha value is -1.39. The summed E-state index contributed by atoms with van der Waals surface area (Å²) in [7, 11) is 1.61. The molecule has 0 aromatic heterocycles. The van der Waals surface area contributed by atoms with Gasteiger partial charge in [0.05, 0.1) is 13.2 Å². The van der Waals surface area contributed by atoms with Gasteiger partial charge in [-0.15, -0.1) is 0 Å². The van der Waals surface area contributed by atoms with Crippen LogP contribution in [0.5, 0.6) is 0 Å². The molecule has 0 radical (unpaired) electrons. The molecule has 0 aliphatic heterocycles. The maximum absolute atomic E-state index is 12.5. The van der Waals surface area contributed by atoms with Crippen LogP contribution in [0.25, 0.3) is 0 Å². The number of carbonyl (C=O) groups is 1. The van der Waals surface area contributed by atoms with E-state index in [1.54, 1.807) is 7.11 Å². The topological polar surface area (TPSA) is 47.6 Å². The first-order valence-corrected chi connectivity index (χ1v) is 7.19. The molecule has 0 amide bonds. The van der Waals surface area contributed by atoms with Crippen LogP contribution in [0.15, 0.2) is 30.3 Å². The fraction of sp³-hybridized carbons (Fsp3) is 0.562. The molecule has 0 saturated heterocycles. The summed E-state index contributed by atoms with van der Waals surface area (Å²) in [5.74, 6) is 0.401. The molecule has 0 heterocycles. The molecule has 4 heteroatoms. The van der Waals surface area contributed by atoms with Crippen LogP contribution in [0.2, 0.25) is 0 Å². The molecule has 4 nitrogen and oxygen atoms in total. The number of carbonyl (C=O) groups excluding carboxylic acids is 1. The van der Waals surface area contributed by atoms with Crippen molar-refractivity contribution in [1.29, 1.82) is 0 Å². The molecule has 1 atom stereocenters. The van der Waals surface area contributed by atoms with E-state index in [4.69, 9.17) is 9.47 Å². The fourth-order valence-electron chi connectivity index (χ4n) is 2.32. The summed E-state index contributed by atoms with van der Waals surface area (Å²) in [6.45, 7) is 3.27. The van der Waals surface area contributed by atoms with Gasteiger partial charge in [0.15, 0.2) is 5.54 Å². The van der Waals surface area contributed by atoms with Crippen molar-refractivity contribution in [3.8, 4) is 0 Å². The van der Waals surface area contributed by atoms with Crippen LogP contribution in [0.3, 0.4) is 0 Å². The van der Waals surface area contributed by atoms with Crippen molar-refractivity contribution in [2.75, 3.05) is 26.9 Å². The SMILES string of the molecule is CCOC(=O)C(COC)(NCC1CC1)c1ccccc1. The first-order valence-electron chi connectivity index (χ1n) is 7.19. The van der Waals surface area contributed by atoms with E-state index in [9.17, 15) is 4.79 Å². The van der Waals surface area contributed by atoms with E-state index in [1.165, 1.54) is 12.8 Å². The van der Waals surface area contributed by atoms with Crippen molar-refractivity contribution >= 4 is 5.97 Å². The highest BCUT2D eigenvalue weighted by Crippen LogP contribution is 2.31. The van der Waals surface area contributed by atoms with Gasteiger partial charge in [-0.2, -0.15) is 0 Å². The van der Waals surface area contributed by atoms with E-state index in [0.717, 1.165) is 12.1 Å². The van der Waals surface area contributed by atoms with E-state index in [2.05, 4.69) is 5.32 Å². The normalized spacial score (nSPS) is 17.5. The van der Waals surface area contributed by atoms with Gasteiger partial charge in [0, 0.05) is 7.11 Å². The summed E-state index contributed by atoms with van der Waals surface area (Å²) in [6.07, 6.45) is 2.46. The third-order valence-electron chi connectivity index (χ3n) is 3.64. The molecule has 1 fully saturated rings. The summed E-state index contributed by atoms with van der Waals surface area (Å²) in [6, 6.07) is 9.67. The van der Waals surface area contributed by atoms with Crippen LogP contribution in [0.4, 0.5) is 0 Å². The van der Waals surface area contributed by atoms with Gasteiger partial charge < -0.3 is 9.47 Å². The van der Waals surface area contributed by atoms with Crippen LogP contribution < -0.4 is 5.32 Å². The van der Waals surface area contributed by atoms with Crippen molar-refractivity contribution < 1.29 is 14.3 Å². The Kier molecular flexibility index (Phi) is 5.15. The number of esters is 1. The zero-order valence-electron chi connectivity index (χ0n) is 12.2. The molecule has 0 spiro atoms. The zero-order valence-corrected chi connectivity index (χ0v) is 12.2. The number of rotatable bonds is 8. The number of benzene rings is 1. The second-order valence-electron chi connectivity index (χ2n) is 5.25. The van der Waals surface area contributed by atoms with Gasteiger partial charge in [-0.1, -0.05) is 30.3 Å². The lowest BCUT2D eigenvalue weighted by atomic mass is 9.90. The van der Waals surface area contributed by atoms with E-state index < -0.39 is 5.54 Å². The summed E-state index contributed by atoms with van der Waals surface area (Å²) in [5, 5.41) is 3.40. The minimum atomic E-state index is -0.908. The molecule has 20 heavy (non-hydrogen) atoms. The van der Waals surface area contributed by atoms with Crippen molar-refractivity contribution in [3.63, 3.8) is 0 Å². The Morgan fingerprint density at radius 1 is 1.35 bits per heavy atom. The lowest BCUT2D eigenvalue weighted by Gasteiger charge is -2.32. The minimum Gasteiger partial charge on any atom is -0.464 e. The summed E-state index contributed by atoms with van der Waals surface area (Å²) >= 11 is 0. The quantitative estimate of drug-likeness (QED) is 0.739. The minimum absolute atomic E-state index is 0.266. The smallest absolute Gasteiger partial charge is 0.333 e. The summed E-state index contributed by atoms with van der Waals surface area (Å²) < 4.78 is 10.6. The number of nitrogens with one attached hydrogen (secondary N) is 1. The first-order chi connectivity index (χ1) is 9.73. The van der Waals surface area contributed by atoms with Crippen LogP contribution >= 0.6 is 0 Å². The average molecular weight is 277 g/mol. The average Bonchev–Trinajstić information content (AvgIpc) is 3.29. The van der Waals surface area contributed by atoms with Gasteiger partial charge in [-0.3, -0.25) is 5.32 Å². The molecule has 1 unspecified atom stereocenters. The Labute approximate surface area is 120 Å². The number of ether oxygens (including phenoxy) is 2. The molecule has 1 N–H and O–H groups in total. The summed E-state index contributed by atoms with van der Waals surface area (Å²) in [4.78, 5) is 12.5. The van der Waals surface area contributed by atoms with Crippen molar-refractivity contribution in [2.24, 2.45) is 5.92 Å². The van der Waals surface area contributed by atoms with Crippen LogP contribution in [-0.2, 0) is 19.8 Å². The van der Waals surface area contributed by atoms with Crippen molar-refractivity contribution in [2.45, 2.75) is 25.3 Å². The maximum Gasteiger partial charge on any atom is 0.333 e. The standard InChI is InChI=1S/C16H23NO3/c1-3-20-15(18)16(12-19-2,17-11-13-9-10-13)14-7-5-4-6-8-14/h4-8,13,17H,3,9-12H2,1-2H3. The van der Waals surface area contributed by atoms with Crippen molar-refractivity contribution in [1.82, 2.24) is 5.32 Å². The predicted octanol–water partition coefficient (Wildman–Crippen LogP) is 2.09. The molecular weight excluding hydrogens is 254 g/mol. The second kappa shape index (κ2) is 6.86. The Morgan fingerprint density at radius 2 is 2.05 bits per heavy atom. The third-order valence-corrected chi connectivity index (χ3v) is 3.64. The first kappa shape index (κ1) is 15.0. The van der Waals surface area contributed by atoms with Gasteiger partial charge in [0.1, 0.15) is 0 Å². The molecule has 110 valence electrons. The monoisotopic (exact) mass is 277 g/mol. The molecule has 2 rings (SSSR count). The van der Waals surface area contributed by atoms with E-state index in [1.807, 2.05) is 37.3 Å². The van der Waals surface area contributed by atoms with Gasteiger partial charge in [0.25, 0.3) is 0 Å². The van der Waals surface area contributed by atoms with E-state index in [-0.39, 0.29) is 12.6 Å². The molecular formula is C16H23NO3. The van der Waals surface area contributed by atoms with E-state index in [0.29, 0.717) is 12.5 Å². The van der Waals surface area contributed by atoms with Crippen molar-refractivity contribution in [3.05, 3.63) is 35.9 Å². The Balaban J connectivity index is 2.28. The molecule has 0 bridgehead atoms. The molecule has 1 aromatic carbocycles. The van der Waals surface area contributed by atoms with Gasteiger partial charge >= 0.3 is 5.97 Å². The highest BCUT2D eigenvalue weighted by molar-refractivity contribution is 5.83. The number of hydrogen-bond acceptors (Lipinski definition) is 4. The van der Waals surface area contributed by atoms with E-state index >= 15 is 0 Å². The van der Waals surface area contributed by atoms with Gasteiger partial charge in [-0.05, 0) is 37.8 Å². The number of hydrogen-bond donors (Lipinski definition) is 1. The zero-order chi connectivity index (χ0) is 14.4. The fourth-order valence-corrected chi connectivity index (χ4v) is 2.32. The highest BCUT2D eigenvalue weighted by Gasteiger charge is 2.42. The van der Waals surface area contributed by atoms with Gasteiger partial charge in [0.2, 0.25) is 0 Å². The molecule has 1 saturated carbocycles. The largest absolute Gasteiger partial charge is 0.464 e. The summed E-state index contributed by atoms with van der Waals surface area (Å²) in [5.41, 5.74) is -0.0184. The molecule has 1 aliphatic carbocycles. The van der Waals surface area contributed by atoms with Crippen LogP contribution in [0.1, 0.15) is 25.3 Å². The number of methoxy groups -OCH3 is 1. The van der Waals surface area contributed by atoms with Gasteiger partial charge in [-0.25, -0.2) is 4.79 Å². The molecule has 1 aliphatic rings. The predicted molar refractivity (Wildman–Crippen MR) is 77.4 cm³/mol. The lowest BCUT2D eigenvalue weighted by molar-refractivity contribution is -0.154. The second-order valence-corrected chi connectivity index (χ2v) is 5.25. The highest BCUT2D eigenvalue weighted by atomic mass is 16.5.